The van der Waals surface area contributed by atoms with Gasteiger partial charge in [0.1, 0.15) is 0 Å². The van der Waals surface area contributed by atoms with Crippen LogP contribution < -0.4 is 10.6 Å². The summed E-state index contributed by atoms with van der Waals surface area (Å²) in [5.74, 6) is -2.07. The first-order valence-corrected chi connectivity index (χ1v) is 5.35. The molecule has 0 bridgehead atoms. The Kier molecular flexibility index (Phi) is 4.67. The number of carbonyl (C=O) groups excluding carboxylic acids is 2. The van der Waals surface area contributed by atoms with Crippen molar-refractivity contribution in [3.8, 4) is 0 Å². The van der Waals surface area contributed by atoms with E-state index in [-0.39, 0.29) is 28.7 Å². The molecule has 7 heteroatoms. The van der Waals surface area contributed by atoms with Gasteiger partial charge in [0.25, 0.3) is 0 Å². The summed E-state index contributed by atoms with van der Waals surface area (Å²) in [6.45, 7) is 1.05. The zero-order valence-corrected chi connectivity index (χ0v) is 10.2. The number of benzene rings is 1. The number of carboxylic acids is 1. The van der Waals surface area contributed by atoms with Crippen molar-refractivity contribution in [2.75, 3.05) is 11.9 Å². The van der Waals surface area contributed by atoms with Crippen LogP contribution in [0, 0.1) is 0 Å². The Morgan fingerprint density at radius 2 is 2.00 bits per heavy atom. The number of halogens is 1. The van der Waals surface area contributed by atoms with E-state index < -0.39 is 11.9 Å². The van der Waals surface area contributed by atoms with E-state index in [1.54, 1.807) is 0 Å². The Bertz CT molecular complexity index is 502. The lowest BCUT2D eigenvalue weighted by molar-refractivity contribution is -0.122. The summed E-state index contributed by atoms with van der Waals surface area (Å²) in [5.41, 5.74) is 0.0147. The molecule has 1 aromatic rings. The summed E-state index contributed by atoms with van der Waals surface area (Å²) in [4.78, 5) is 33.0. The van der Waals surface area contributed by atoms with Crippen LogP contribution in [-0.4, -0.2) is 29.4 Å². The molecular weight excluding hydrogens is 260 g/mol. The predicted octanol–water partition coefficient (Wildman–Crippen LogP) is 1.11. The standard InChI is InChI=1S/C11H11ClN2O4/c1-6(15)13-5-10(16)14-9-3-2-7(12)4-8(9)11(17)18/h2-4H,5H2,1H3,(H,13,15)(H,14,16)(H,17,18). The molecule has 3 N–H and O–H groups in total. The molecular formula is C11H11ClN2O4. The van der Waals surface area contributed by atoms with Crippen molar-refractivity contribution < 1.29 is 19.5 Å². The average Bonchev–Trinajstić information content (AvgIpc) is 2.28. The molecule has 1 aromatic carbocycles. The van der Waals surface area contributed by atoms with Crippen molar-refractivity contribution in [3.63, 3.8) is 0 Å². The Hall–Kier alpha value is -2.08. The lowest BCUT2D eigenvalue weighted by Crippen LogP contribution is -2.31. The summed E-state index contributed by atoms with van der Waals surface area (Å²) in [7, 11) is 0. The Morgan fingerprint density at radius 1 is 1.33 bits per heavy atom. The highest BCUT2D eigenvalue weighted by molar-refractivity contribution is 6.31. The monoisotopic (exact) mass is 270 g/mol. The smallest absolute Gasteiger partial charge is 0.337 e. The minimum atomic E-state index is -1.20. The van der Waals surface area contributed by atoms with Crippen molar-refractivity contribution >= 4 is 35.1 Å². The fraction of sp³-hybridized carbons (Fsp3) is 0.182. The highest BCUT2D eigenvalue weighted by Gasteiger charge is 2.13. The van der Waals surface area contributed by atoms with E-state index in [0.717, 1.165) is 0 Å². The van der Waals surface area contributed by atoms with E-state index in [2.05, 4.69) is 10.6 Å². The summed E-state index contributed by atoms with van der Waals surface area (Å²) in [5, 5.41) is 13.9. The van der Waals surface area contributed by atoms with Crippen LogP contribution in [0.3, 0.4) is 0 Å². The van der Waals surface area contributed by atoms with Crippen molar-refractivity contribution in [1.29, 1.82) is 0 Å². The maximum Gasteiger partial charge on any atom is 0.337 e. The molecule has 96 valence electrons. The number of aromatic carboxylic acids is 1. The van der Waals surface area contributed by atoms with Gasteiger partial charge in [0.2, 0.25) is 11.8 Å². The molecule has 0 unspecified atom stereocenters. The van der Waals surface area contributed by atoms with Gasteiger partial charge in [-0.25, -0.2) is 4.79 Å². The highest BCUT2D eigenvalue weighted by Crippen LogP contribution is 2.20. The van der Waals surface area contributed by atoms with Crippen LogP contribution >= 0.6 is 11.6 Å². The molecule has 18 heavy (non-hydrogen) atoms. The minimum Gasteiger partial charge on any atom is -0.478 e. The van der Waals surface area contributed by atoms with E-state index in [1.807, 2.05) is 0 Å². The number of nitrogens with one attached hydrogen (secondary N) is 2. The lowest BCUT2D eigenvalue weighted by Gasteiger charge is -2.09. The molecule has 0 atom stereocenters. The largest absolute Gasteiger partial charge is 0.478 e. The Morgan fingerprint density at radius 3 is 2.56 bits per heavy atom. The van der Waals surface area contributed by atoms with E-state index >= 15 is 0 Å². The molecule has 0 aliphatic heterocycles. The first-order valence-electron chi connectivity index (χ1n) is 4.97. The third kappa shape index (κ3) is 4.06. The van der Waals surface area contributed by atoms with Crippen LogP contribution in [0.15, 0.2) is 18.2 Å². The molecule has 0 heterocycles. The van der Waals surface area contributed by atoms with Crippen molar-refractivity contribution in [1.82, 2.24) is 5.32 Å². The van der Waals surface area contributed by atoms with Gasteiger partial charge in [-0.3, -0.25) is 9.59 Å². The molecule has 0 fully saturated rings. The SMILES string of the molecule is CC(=O)NCC(=O)Nc1ccc(Cl)cc1C(=O)O. The number of carboxylic acid groups (broad SMARTS) is 1. The molecule has 0 aliphatic rings. The number of hydrogen-bond donors (Lipinski definition) is 3. The van der Waals surface area contributed by atoms with E-state index in [9.17, 15) is 14.4 Å². The molecule has 0 saturated carbocycles. The van der Waals surface area contributed by atoms with Crippen LogP contribution in [-0.2, 0) is 9.59 Å². The molecule has 6 nitrogen and oxygen atoms in total. The first kappa shape index (κ1) is 14.0. The molecule has 1 rings (SSSR count). The molecule has 0 aromatic heterocycles. The van der Waals surface area contributed by atoms with E-state index in [4.69, 9.17) is 16.7 Å². The number of anilines is 1. The summed E-state index contributed by atoms with van der Waals surface area (Å²) >= 11 is 5.67. The highest BCUT2D eigenvalue weighted by atomic mass is 35.5. The molecule has 0 spiro atoms. The number of rotatable bonds is 4. The van der Waals surface area contributed by atoms with Gasteiger partial charge in [-0.05, 0) is 18.2 Å². The van der Waals surface area contributed by atoms with Crippen molar-refractivity contribution in [2.45, 2.75) is 6.92 Å². The molecule has 0 aliphatic carbocycles. The van der Waals surface area contributed by atoms with Gasteiger partial charge in [-0.1, -0.05) is 11.6 Å². The zero-order valence-electron chi connectivity index (χ0n) is 9.49. The topological polar surface area (TPSA) is 95.5 Å². The summed E-state index contributed by atoms with van der Waals surface area (Å²) in [6, 6.07) is 4.08. The number of amides is 2. The van der Waals surface area contributed by atoms with Gasteiger partial charge in [-0.2, -0.15) is 0 Å². The Balaban J connectivity index is 2.81. The van der Waals surface area contributed by atoms with Crippen LogP contribution in [0.25, 0.3) is 0 Å². The maximum atomic E-state index is 11.4. The van der Waals surface area contributed by atoms with Crippen LogP contribution in [0.5, 0.6) is 0 Å². The fourth-order valence-corrected chi connectivity index (χ4v) is 1.37. The van der Waals surface area contributed by atoms with E-state index in [1.165, 1.54) is 25.1 Å². The van der Waals surface area contributed by atoms with E-state index in [0.29, 0.717) is 0 Å². The second-order valence-corrected chi connectivity index (χ2v) is 3.89. The van der Waals surface area contributed by atoms with Crippen LogP contribution in [0.4, 0.5) is 5.69 Å². The van der Waals surface area contributed by atoms with Crippen LogP contribution in [0.2, 0.25) is 5.02 Å². The zero-order chi connectivity index (χ0) is 13.7. The van der Waals surface area contributed by atoms with Gasteiger partial charge in [0, 0.05) is 11.9 Å². The van der Waals surface area contributed by atoms with Gasteiger partial charge in [0.05, 0.1) is 17.8 Å². The normalized spacial score (nSPS) is 9.67. The minimum absolute atomic E-state index is 0.112. The van der Waals surface area contributed by atoms with Gasteiger partial charge in [-0.15, -0.1) is 0 Å². The molecule has 0 radical (unpaired) electrons. The number of hydrogen-bond acceptors (Lipinski definition) is 3. The summed E-state index contributed by atoms with van der Waals surface area (Å²) in [6.07, 6.45) is 0. The summed E-state index contributed by atoms with van der Waals surface area (Å²) < 4.78 is 0. The lowest BCUT2D eigenvalue weighted by atomic mass is 10.2. The second kappa shape index (κ2) is 6.02. The second-order valence-electron chi connectivity index (χ2n) is 3.45. The quantitative estimate of drug-likeness (QED) is 0.764. The third-order valence-corrected chi connectivity index (χ3v) is 2.22. The maximum absolute atomic E-state index is 11.4. The van der Waals surface area contributed by atoms with Crippen molar-refractivity contribution in [2.24, 2.45) is 0 Å². The predicted molar refractivity (Wildman–Crippen MR) is 65.7 cm³/mol. The van der Waals surface area contributed by atoms with Crippen molar-refractivity contribution in [3.05, 3.63) is 28.8 Å². The van der Waals surface area contributed by atoms with Gasteiger partial charge in [0.15, 0.2) is 0 Å². The average molecular weight is 271 g/mol. The third-order valence-electron chi connectivity index (χ3n) is 1.98. The van der Waals surface area contributed by atoms with Crippen LogP contribution in [0.1, 0.15) is 17.3 Å². The molecule has 2 amide bonds. The first-order chi connectivity index (χ1) is 8.40. The Labute approximate surface area is 108 Å². The fourth-order valence-electron chi connectivity index (χ4n) is 1.20. The van der Waals surface area contributed by atoms with Gasteiger partial charge < -0.3 is 15.7 Å². The number of carbonyl (C=O) groups is 3. The van der Waals surface area contributed by atoms with Gasteiger partial charge >= 0.3 is 5.97 Å². The molecule has 0 saturated heterocycles.